The molecule has 0 fully saturated rings. The highest BCUT2D eigenvalue weighted by molar-refractivity contribution is 14.1. The van der Waals surface area contributed by atoms with Crippen LogP contribution in [0.15, 0.2) is 78.9 Å². The second-order valence-electron chi connectivity index (χ2n) is 22.0. The number of amides is 6. The van der Waals surface area contributed by atoms with Gasteiger partial charge in [-0.25, -0.2) is 19.2 Å². The molecule has 0 saturated heterocycles. The van der Waals surface area contributed by atoms with Crippen LogP contribution in [0.2, 0.25) is 5.02 Å². The first-order valence-corrected chi connectivity index (χ1v) is 27.4. The highest BCUT2D eigenvalue weighted by Crippen LogP contribution is 2.43. The number of carbonyl (C=O) groups is 8. The van der Waals surface area contributed by atoms with Gasteiger partial charge in [0.1, 0.15) is 59.1 Å². The summed E-state index contributed by atoms with van der Waals surface area (Å²) in [5, 5.41) is 14.2. The van der Waals surface area contributed by atoms with E-state index in [2.05, 4.69) is 26.6 Å². The molecule has 4 aromatic rings. The molecule has 6 amide bonds. The standard InChI is InChI=1S/C58H72ClIN6O14/c1-33-48(67)65-44(52(71)75-12)30-34-16-25-45(77-55(74)80-58(8,9)10)40(29-34)41-31-38(32-42(60)47(41)76-28-27-62-54(73)79-57(5,6)7)46(50(69)63-33)66(11)51(70)43(15-13-14-26-61-53(72)78-56(2,3)4)64-49(68)37-19-17-35(18-20-37)36-21-23-39(59)24-22-36/h16-25,29,31-33,43-44,46H,13-15,26-28,30H2,1-12H3,(H,61,72)(H,62,73)(H,63,69)(H,64,68)(H,65,67)/t33-,43-,44-,46-/m0/s1. The molecule has 1 heterocycles. The third-order valence-electron chi connectivity index (χ3n) is 11.8. The maximum absolute atomic E-state index is 15.3. The fourth-order valence-electron chi connectivity index (χ4n) is 8.19. The summed E-state index contributed by atoms with van der Waals surface area (Å²) < 4.78 is 34.1. The monoisotopic (exact) mass is 1240 g/mol. The van der Waals surface area contributed by atoms with E-state index in [0.717, 1.165) is 23.1 Å². The SMILES string of the molecule is COC(=O)[C@@H]1Cc2ccc(OC(=O)OC(C)(C)C)c(c2)-c2cc(cc(I)c2OCCNC(=O)OC(C)(C)C)[C@H](N(C)C(=O)[C@H](CCCCNC(=O)OC(C)(C)C)NC(=O)c2ccc(-c3ccc(Cl)cc3)cc2)C(=O)N[C@@H](C)C(=O)N1. The predicted octanol–water partition coefficient (Wildman–Crippen LogP) is 9.21. The van der Waals surface area contributed by atoms with Gasteiger partial charge in [-0.1, -0.05) is 41.9 Å². The Hall–Kier alpha value is -7.14. The van der Waals surface area contributed by atoms with Crippen LogP contribution in [0.4, 0.5) is 14.4 Å². The summed E-state index contributed by atoms with van der Waals surface area (Å²) in [6, 6.07) is 16.4. The van der Waals surface area contributed by atoms with Crippen molar-refractivity contribution in [3.8, 4) is 33.8 Å². The fourth-order valence-corrected chi connectivity index (χ4v) is 9.12. The van der Waals surface area contributed by atoms with E-state index in [9.17, 15) is 28.8 Å². The van der Waals surface area contributed by atoms with Crippen LogP contribution in [0, 0.1) is 3.57 Å². The number of esters is 1. The van der Waals surface area contributed by atoms with Gasteiger partial charge in [-0.15, -0.1) is 0 Å². The molecule has 4 atom stereocenters. The Morgan fingerprint density at radius 2 is 1.32 bits per heavy atom. The Kier molecular flexibility index (Phi) is 22.2. The first kappa shape index (κ1) is 63.7. The summed E-state index contributed by atoms with van der Waals surface area (Å²) in [4.78, 5) is 112. The highest BCUT2D eigenvalue weighted by Gasteiger charge is 2.37. The van der Waals surface area contributed by atoms with Gasteiger partial charge in [0, 0.05) is 41.7 Å². The number of nitrogens with zero attached hydrogens (tertiary/aromatic N) is 1. The Bertz CT molecular complexity index is 2900. The van der Waals surface area contributed by atoms with Gasteiger partial charge < -0.3 is 59.9 Å². The van der Waals surface area contributed by atoms with Gasteiger partial charge in [-0.2, -0.15) is 0 Å². The fraction of sp³-hybridized carbons (Fsp3) is 0.448. The molecule has 1 aliphatic heterocycles. The number of unbranched alkanes of at least 4 members (excludes halogenated alkanes) is 1. The molecule has 0 aliphatic carbocycles. The van der Waals surface area contributed by atoms with Crippen molar-refractivity contribution in [2.24, 2.45) is 0 Å². The van der Waals surface area contributed by atoms with E-state index in [4.69, 9.17) is 40.0 Å². The minimum Gasteiger partial charge on any atom is -0.490 e. The number of hydrogen-bond donors (Lipinski definition) is 5. The second-order valence-corrected chi connectivity index (χ2v) is 23.6. The smallest absolute Gasteiger partial charge is 0.490 e. The number of likely N-dealkylation sites (N-methyl/N-ethyl adjacent to an activating group) is 1. The van der Waals surface area contributed by atoms with E-state index < -0.39 is 88.9 Å². The van der Waals surface area contributed by atoms with Gasteiger partial charge in [-0.05, 0) is 182 Å². The van der Waals surface area contributed by atoms with Crippen LogP contribution in [-0.4, -0.2) is 122 Å². The van der Waals surface area contributed by atoms with Crippen molar-refractivity contribution in [1.29, 1.82) is 0 Å². The first-order valence-electron chi connectivity index (χ1n) is 26.0. The van der Waals surface area contributed by atoms with Crippen molar-refractivity contribution < 1.29 is 66.8 Å². The van der Waals surface area contributed by atoms with Crippen molar-refractivity contribution in [2.45, 2.75) is 136 Å². The number of alkyl carbamates (subject to hydrolysis) is 2. The maximum atomic E-state index is 15.3. The molecule has 0 spiro atoms. The van der Waals surface area contributed by atoms with Crippen LogP contribution >= 0.6 is 34.2 Å². The normalized spacial score (nSPS) is 16.0. The number of benzene rings is 4. The van der Waals surface area contributed by atoms with Crippen LogP contribution in [0.3, 0.4) is 0 Å². The molecule has 0 radical (unpaired) electrons. The summed E-state index contributed by atoms with van der Waals surface area (Å²) in [6.07, 6.45) is -1.78. The Balaban J connectivity index is 1.65. The number of fused-ring (bicyclic) bond motifs is 5. The third-order valence-corrected chi connectivity index (χ3v) is 12.9. The van der Waals surface area contributed by atoms with Crippen LogP contribution in [0.5, 0.6) is 11.5 Å². The summed E-state index contributed by atoms with van der Waals surface area (Å²) >= 11 is 8.12. The molecule has 0 unspecified atom stereocenters. The molecule has 4 aromatic carbocycles. The molecule has 5 N–H and O–H groups in total. The van der Waals surface area contributed by atoms with Gasteiger partial charge in [-0.3, -0.25) is 19.2 Å². The van der Waals surface area contributed by atoms with Gasteiger partial charge >= 0.3 is 24.3 Å². The minimum atomic E-state index is -1.56. The number of rotatable bonds is 16. The quantitative estimate of drug-likeness (QED) is 0.0231. The number of nitrogens with one attached hydrogen (secondary N) is 5. The van der Waals surface area contributed by atoms with E-state index >= 15 is 9.59 Å². The Morgan fingerprint density at radius 3 is 1.91 bits per heavy atom. The van der Waals surface area contributed by atoms with Crippen LogP contribution in [-0.2, 0) is 44.5 Å². The number of methoxy groups -OCH3 is 1. The maximum Gasteiger partial charge on any atom is 0.514 e. The largest absolute Gasteiger partial charge is 0.514 e. The molecule has 432 valence electrons. The average molecular weight is 1240 g/mol. The number of halogens is 2. The number of ether oxygens (including phenoxy) is 6. The zero-order valence-electron chi connectivity index (χ0n) is 47.2. The third kappa shape index (κ3) is 19.3. The first-order chi connectivity index (χ1) is 37.4. The van der Waals surface area contributed by atoms with E-state index in [-0.39, 0.29) is 66.3 Å². The topological polar surface area (TPSA) is 255 Å². The van der Waals surface area contributed by atoms with Crippen LogP contribution in [0.1, 0.15) is 116 Å². The zero-order chi connectivity index (χ0) is 59.3. The Labute approximate surface area is 485 Å². The zero-order valence-corrected chi connectivity index (χ0v) is 50.1. The van der Waals surface area contributed by atoms with E-state index in [0.29, 0.717) is 27.0 Å². The van der Waals surface area contributed by atoms with E-state index in [1.165, 1.54) is 20.0 Å². The lowest BCUT2D eigenvalue weighted by molar-refractivity contribution is -0.145. The van der Waals surface area contributed by atoms with Gasteiger partial charge in [0.15, 0.2) is 0 Å². The molecule has 0 aromatic heterocycles. The molecule has 0 saturated carbocycles. The van der Waals surface area contributed by atoms with Crippen molar-refractivity contribution in [2.75, 3.05) is 33.9 Å². The molecular formula is C58H72ClIN6O14. The molecule has 80 heavy (non-hydrogen) atoms. The number of hydrogen-bond acceptors (Lipinski definition) is 14. The highest BCUT2D eigenvalue weighted by atomic mass is 127. The summed E-state index contributed by atoms with van der Waals surface area (Å²) in [5.41, 5.74) is 0.509. The predicted molar refractivity (Wildman–Crippen MR) is 308 cm³/mol. The lowest BCUT2D eigenvalue weighted by Crippen LogP contribution is -2.55. The summed E-state index contributed by atoms with van der Waals surface area (Å²) in [7, 11) is 2.55. The van der Waals surface area contributed by atoms with Crippen LogP contribution in [0.25, 0.3) is 22.3 Å². The summed E-state index contributed by atoms with van der Waals surface area (Å²) in [6.45, 7) is 16.8. The van der Waals surface area contributed by atoms with Crippen molar-refractivity contribution in [3.05, 3.63) is 104 Å². The van der Waals surface area contributed by atoms with Crippen LogP contribution < -0.4 is 36.1 Å². The molecule has 22 heteroatoms. The molecule has 4 bridgehead atoms. The lowest BCUT2D eigenvalue weighted by atomic mass is 9.93. The molecule has 5 rings (SSSR count). The number of carbonyl (C=O) groups excluding carboxylic acids is 8. The molecule has 1 aliphatic rings. The van der Waals surface area contributed by atoms with E-state index in [1.54, 1.807) is 123 Å². The Morgan fingerprint density at radius 1 is 0.738 bits per heavy atom. The molecular weight excluding hydrogens is 1170 g/mol. The van der Waals surface area contributed by atoms with Gasteiger partial charge in [0.25, 0.3) is 5.91 Å². The lowest BCUT2D eigenvalue weighted by Gasteiger charge is -2.33. The van der Waals surface area contributed by atoms with Gasteiger partial charge in [0.05, 0.1) is 17.2 Å². The summed E-state index contributed by atoms with van der Waals surface area (Å²) in [5.74, 6) is -3.53. The van der Waals surface area contributed by atoms with Crippen molar-refractivity contribution >= 4 is 82.1 Å². The average Bonchev–Trinajstić information content (AvgIpc) is 3.51. The molecule has 20 nitrogen and oxygen atoms in total. The second kappa shape index (κ2) is 27.8. The van der Waals surface area contributed by atoms with Gasteiger partial charge in [0.2, 0.25) is 17.7 Å². The van der Waals surface area contributed by atoms with E-state index in [1.807, 2.05) is 34.7 Å². The minimum absolute atomic E-state index is 0.0230. The van der Waals surface area contributed by atoms with Crippen molar-refractivity contribution in [1.82, 2.24) is 31.5 Å². The van der Waals surface area contributed by atoms with Crippen molar-refractivity contribution in [3.63, 3.8) is 0 Å².